The van der Waals surface area contributed by atoms with E-state index < -0.39 is 11.6 Å². The zero-order valence-electron chi connectivity index (χ0n) is 18.5. The monoisotopic (exact) mass is 469 g/mol. The summed E-state index contributed by atoms with van der Waals surface area (Å²) in [7, 11) is 0. The molecule has 2 aliphatic rings. The zero-order chi connectivity index (χ0) is 23.5. The second-order valence-electron chi connectivity index (χ2n) is 8.80. The van der Waals surface area contributed by atoms with Gasteiger partial charge < -0.3 is 15.0 Å². The molecule has 1 fully saturated rings. The van der Waals surface area contributed by atoms with E-state index in [2.05, 4.69) is 30.7 Å². The van der Waals surface area contributed by atoms with Crippen LogP contribution in [0.25, 0.3) is 0 Å². The van der Waals surface area contributed by atoms with Gasteiger partial charge in [-0.05, 0) is 54.9 Å². The zero-order valence-corrected chi connectivity index (χ0v) is 18.5. The third kappa shape index (κ3) is 5.04. The fraction of sp³-hybridized carbons (Fsp3) is 0.435. The lowest BCUT2D eigenvalue weighted by Crippen LogP contribution is -2.39. The topological polar surface area (TPSA) is 109 Å². The van der Waals surface area contributed by atoms with Gasteiger partial charge in [-0.15, -0.1) is 5.10 Å². The van der Waals surface area contributed by atoms with Gasteiger partial charge in [0, 0.05) is 37.7 Å². The number of likely N-dealkylation sites (tertiary alicyclic amines) is 1. The summed E-state index contributed by atoms with van der Waals surface area (Å²) in [4.78, 5) is 23.2. The van der Waals surface area contributed by atoms with Gasteiger partial charge in [-0.25, -0.2) is 18.7 Å². The molecule has 3 heterocycles. The summed E-state index contributed by atoms with van der Waals surface area (Å²) in [6.07, 6.45) is 7.61. The van der Waals surface area contributed by atoms with E-state index in [1.165, 1.54) is 24.5 Å². The van der Waals surface area contributed by atoms with Crippen LogP contribution >= 0.6 is 0 Å². The van der Waals surface area contributed by atoms with Gasteiger partial charge in [0.2, 0.25) is 5.95 Å². The van der Waals surface area contributed by atoms with Crippen molar-refractivity contribution in [3.05, 3.63) is 64.7 Å². The molecule has 5 rings (SSSR count). The van der Waals surface area contributed by atoms with E-state index in [0.29, 0.717) is 56.6 Å². The molecular formula is C23H25F2N7O2. The van der Waals surface area contributed by atoms with Crippen LogP contribution in [-0.4, -0.2) is 61.9 Å². The van der Waals surface area contributed by atoms with E-state index in [1.807, 2.05) is 4.90 Å². The van der Waals surface area contributed by atoms with E-state index in [0.717, 1.165) is 29.7 Å². The highest BCUT2D eigenvalue weighted by Crippen LogP contribution is 2.26. The average molecular weight is 469 g/mol. The number of carbonyl (C=O) groups excluding carboxylic acids is 1. The minimum Gasteiger partial charge on any atom is -0.375 e. The smallest absolute Gasteiger partial charge is 0.256 e. The number of benzene rings is 1. The van der Waals surface area contributed by atoms with E-state index >= 15 is 0 Å². The number of amides is 1. The summed E-state index contributed by atoms with van der Waals surface area (Å²) in [6, 6.07) is 2.45. The van der Waals surface area contributed by atoms with Crippen LogP contribution in [0.4, 0.5) is 14.7 Å². The molecule has 0 bridgehead atoms. The van der Waals surface area contributed by atoms with E-state index in [-0.39, 0.29) is 11.9 Å². The van der Waals surface area contributed by atoms with Crippen molar-refractivity contribution >= 4 is 11.9 Å². The summed E-state index contributed by atoms with van der Waals surface area (Å²) < 4.78 is 32.6. The molecule has 0 radical (unpaired) electrons. The lowest BCUT2D eigenvalue weighted by atomic mass is 9.97. The number of ether oxygens (including phenoxy) is 1. The van der Waals surface area contributed by atoms with Gasteiger partial charge in [0.05, 0.1) is 18.8 Å². The summed E-state index contributed by atoms with van der Waals surface area (Å²) in [5.74, 6) is -0.967. The van der Waals surface area contributed by atoms with Crippen LogP contribution in [0.1, 0.15) is 40.0 Å². The molecule has 0 saturated carbocycles. The number of fused-ring (bicyclic) bond motifs is 1. The van der Waals surface area contributed by atoms with Crippen molar-refractivity contribution in [1.82, 2.24) is 30.3 Å². The highest BCUT2D eigenvalue weighted by atomic mass is 19.2. The minimum absolute atomic E-state index is 0.0525. The van der Waals surface area contributed by atoms with E-state index in [9.17, 15) is 13.6 Å². The first-order valence-corrected chi connectivity index (χ1v) is 11.3. The minimum atomic E-state index is -0.832. The summed E-state index contributed by atoms with van der Waals surface area (Å²) >= 11 is 0. The molecule has 11 heteroatoms. The number of carbonyl (C=O) groups is 1. The highest BCUT2D eigenvalue weighted by Gasteiger charge is 2.26. The number of nitrogens with zero attached hydrogens (tertiary/aromatic N) is 5. The number of piperidine rings is 1. The molecule has 1 aliphatic carbocycles. The molecule has 1 amide bonds. The van der Waals surface area contributed by atoms with Crippen molar-refractivity contribution in [3.8, 4) is 0 Å². The molecule has 1 saturated heterocycles. The van der Waals surface area contributed by atoms with E-state index in [4.69, 9.17) is 4.74 Å². The Morgan fingerprint density at radius 1 is 1.12 bits per heavy atom. The third-order valence-corrected chi connectivity index (χ3v) is 6.38. The van der Waals surface area contributed by atoms with Crippen molar-refractivity contribution in [3.63, 3.8) is 0 Å². The van der Waals surface area contributed by atoms with Crippen LogP contribution in [-0.2, 0) is 24.2 Å². The molecule has 178 valence electrons. The van der Waals surface area contributed by atoms with Gasteiger partial charge >= 0.3 is 0 Å². The molecule has 0 atom stereocenters. The Morgan fingerprint density at radius 3 is 2.41 bits per heavy atom. The summed E-state index contributed by atoms with van der Waals surface area (Å²) in [5.41, 5.74) is 2.78. The maximum Gasteiger partial charge on any atom is 0.256 e. The predicted octanol–water partition coefficient (Wildman–Crippen LogP) is 2.52. The highest BCUT2D eigenvalue weighted by molar-refractivity contribution is 5.93. The molecule has 0 spiro atoms. The second kappa shape index (κ2) is 9.80. The van der Waals surface area contributed by atoms with Crippen LogP contribution in [0.3, 0.4) is 0 Å². The largest absolute Gasteiger partial charge is 0.375 e. The molecule has 2 N–H and O–H groups in total. The van der Waals surface area contributed by atoms with Crippen molar-refractivity contribution in [1.29, 1.82) is 0 Å². The number of anilines is 1. The molecule has 1 aliphatic heterocycles. The fourth-order valence-corrected chi connectivity index (χ4v) is 4.52. The first-order valence-electron chi connectivity index (χ1n) is 11.3. The van der Waals surface area contributed by atoms with Gasteiger partial charge in [0.25, 0.3) is 5.91 Å². The number of halogens is 2. The van der Waals surface area contributed by atoms with E-state index in [1.54, 1.807) is 6.20 Å². The van der Waals surface area contributed by atoms with Gasteiger partial charge in [-0.1, -0.05) is 5.21 Å². The Balaban J connectivity index is 1.08. The van der Waals surface area contributed by atoms with Crippen LogP contribution in [0.15, 0.2) is 30.7 Å². The molecule has 1 aromatic carbocycles. The molecule has 0 unspecified atom stereocenters. The molecule has 9 nitrogen and oxygen atoms in total. The number of H-pyrrole nitrogens is 1. The Kier molecular flexibility index (Phi) is 6.43. The Labute approximate surface area is 194 Å². The fourth-order valence-electron chi connectivity index (χ4n) is 4.52. The lowest BCUT2D eigenvalue weighted by molar-refractivity contribution is 0.0470. The van der Waals surface area contributed by atoms with Crippen molar-refractivity contribution in [2.24, 2.45) is 5.92 Å². The van der Waals surface area contributed by atoms with Crippen LogP contribution < -0.4 is 5.32 Å². The van der Waals surface area contributed by atoms with Crippen LogP contribution in [0.5, 0.6) is 0 Å². The number of hydrogen-bond acceptors (Lipinski definition) is 7. The number of hydrogen-bond donors (Lipinski definition) is 2. The van der Waals surface area contributed by atoms with Crippen molar-refractivity contribution in [2.45, 2.75) is 38.3 Å². The molecular weight excluding hydrogens is 444 g/mol. The quantitative estimate of drug-likeness (QED) is 0.547. The molecule has 2 aromatic heterocycles. The van der Waals surface area contributed by atoms with Gasteiger partial charge in [-0.2, -0.15) is 0 Å². The van der Waals surface area contributed by atoms with Gasteiger partial charge in [0.1, 0.15) is 5.69 Å². The number of aromatic nitrogens is 5. The number of nitrogens with one attached hydrogen (secondary N) is 2. The van der Waals surface area contributed by atoms with Crippen LogP contribution in [0, 0.1) is 17.6 Å². The summed E-state index contributed by atoms with van der Waals surface area (Å²) in [6.45, 7) is 2.37. The van der Waals surface area contributed by atoms with Crippen molar-refractivity contribution < 1.29 is 18.3 Å². The normalized spacial score (nSPS) is 16.6. The first kappa shape index (κ1) is 22.3. The van der Waals surface area contributed by atoms with Crippen molar-refractivity contribution in [2.75, 3.05) is 25.0 Å². The Morgan fingerprint density at radius 2 is 1.79 bits per heavy atom. The SMILES string of the molecule is O=C(c1cnc(NC2Cc3cc(F)c(F)cc3C2)nc1)N1CCC(COCc2c[nH]nn2)CC1. The number of rotatable bonds is 7. The second-order valence-corrected chi connectivity index (χ2v) is 8.80. The average Bonchev–Trinajstić information content (AvgIpc) is 3.49. The Bertz CT molecular complexity index is 1100. The first-order chi connectivity index (χ1) is 16.5. The molecule has 34 heavy (non-hydrogen) atoms. The van der Waals surface area contributed by atoms with Gasteiger partial charge in [-0.3, -0.25) is 9.89 Å². The maximum absolute atomic E-state index is 13.5. The molecule has 3 aromatic rings. The predicted molar refractivity (Wildman–Crippen MR) is 118 cm³/mol. The standard InChI is InChI=1S/C23H25F2N7O2/c24-20-7-15-5-18(6-16(15)8-21(20)25)29-23-26-9-17(10-27-23)22(33)32-3-1-14(2-4-32)12-34-13-19-11-28-31-30-19/h7-11,14,18H,1-6,12-13H2,(H,26,27,29)(H,28,30,31). The lowest BCUT2D eigenvalue weighted by Gasteiger charge is -2.31. The van der Waals surface area contributed by atoms with Crippen LogP contribution in [0.2, 0.25) is 0 Å². The number of aromatic amines is 1. The Hall–Kier alpha value is -3.47. The maximum atomic E-state index is 13.5. The summed E-state index contributed by atoms with van der Waals surface area (Å²) in [5, 5.41) is 13.4. The van der Waals surface area contributed by atoms with Gasteiger partial charge in [0.15, 0.2) is 11.6 Å². The third-order valence-electron chi connectivity index (χ3n) is 6.38.